The molecule has 10 heavy (non-hydrogen) atoms. The van der Waals surface area contributed by atoms with Gasteiger partial charge in [0.15, 0.2) is 0 Å². The zero-order valence-electron chi connectivity index (χ0n) is 6.59. The number of hydrogen-bond acceptors (Lipinski definition) is 2. The van der Waals surface area contributed by atoms with Crippen molar-refractivity contribution in [2.45, 2.75) is 26.7 Å². The molecule has 0 N–H and O–H groups in total. The van der Waals surface area contributed by atoms with Gasteiger partial charge in [-0.1, -0.05) is 13.8 Å². The van der Waals surface area contributed by atoms with Crippen LogP contribution >= 0.6 is 0 Å². The molecule has 0 saturated carbocycles. The fourth-order valence-electron chi connectivity index (χ4n) is 0.834. The average molecular weight is 144 g/mol. The molecule has 3 heteroatoms. The van der Waals surface area contributed by atoms with Gasteiger partial charge in [0.25, 0.3) is 0 Å². The summed E-state index contributed by atoms with van der Waals surface area (Å²) in [6.07, 6.45) is 0.658. The van der Waals surface area contributed by atoms with E-state index in [4.69, 9.17) is 0 Å². The fraction of sp³-hybridized carbons (Fsp3) is 0.857. The van der Waals surface area contributed by atoms with Crippen LogP contribution in [0.25, 0.3) is 0 Å². The van der Waals surface area contributed by atoms with Crippen LogP contribution in [0.15, 0.2) is 0 Å². The molecular weight excluding hydrogens is 130 g/mol. The van der Waals surface area contributed by atoms with Gasteiger partial charge in [-0.15, -0.1) is 0 Å². The van der Waals surface area contributed by atoms with Crippen LogP contribution < -0.4 is 5.11 Å². The number of nitrogens with zero attached hydrogens (tertiary/aromatic N) is 1. The van der Waals surface area contributed by atoms with E-state index in [-0.39, 0.29) is 0 Å². The Labute approximate surface area is 61.6 Å². The van der Waals surface area contributed by atoms with E-state index < -0.39 is 6.09 Å². The largest absolute Gasteiger partial charge is 0.530 e. The third-order valence-corrected chi connectivity index (χ3v) is 1.25. The first-order valence-electron chi connectivity index (χ1n) is 3.68. The molecule has 0 aromatic heterocycles. The molecule has 1 amide bonds. The third kappa shape index (κ3) is 3.33. The lowest BCUT2D eigenvalue weighted by Gasteiger charge is -2.23. The van der Waals surface area contributed by atoms with E-state index in [9.17, 15) is 9.90 Å². The Morgan fingerprint density at radius 1 is 1.30 bits per heavy atom. The lowest BCUT2D eigenvalue weighted by atomic mass is 10.4. The summed E-state index contributed by atoms with van der Waals surface area (Å²) in [6, 6.07) is 0. The van der Waals surface area contributed by atoms with Crippen molar-refractivity contribution in [2.75, 3.05) is 13.1 Å². The van der Waals surface area contributed by atoms with E-state index in [1.54, 1.807) is 0 Å². The molecule has 0 bridgehead atoms. The number of carboxylic acid groups (broad SMARTS) is 1. The van der Waals surface area contributed by atoms with Gasteiger partial charge in [-0.25, -0.2) is 0 Å². The van der Waals surface area contributed by atoms with Crippen LogP contribution in [-0.2, 0) is 0 Å². The molecule has 3 nitrogen and oxygen atoms in total. The summed E-state index contributed by atoms with van der Waals surface area (Å²) in [6.45, 7) is 5.09. The van der Waals surface area contributed by atoms with Crippen LogP contribution in [0.1, 0.15) is 26.7 Å². The van der Waals surface area contributed by atoms with Gasteiger partial charge in [-0.05, 0) is 12.8 Å². The minimum atomic E-state index is -1.05. The maximum atomic E-state index is 10.3. The topological polar surface area (TPSA) is 43.4 Å². The van der Waals surface area contributed by atoms with Gasteiger partial charge in [0.05, 0.1) is 0 Å². The zero-order valence-corrected chi connectivity index (χ0v) is 6.59. The highest BCUT2D eigenvalue weighted by Crippen LogP contribution is 1.91. The van der Waals surface area contributed by atoms with Crippen molar-refractivity contribution in [1.82, 2.24) is 4.90 Å². The predicted molar refractivity (Wildman–Crippen MR) is 37.6 cm³/mol. The van der Waals surface area contributed by atoms with Crippen molar-refractivity contribution in [3.8, 4) is 0 Å². The molecular formula is C7H14NO2-. The molecule has 0 aliphatic carbocycles. The zero-order chi connectivity index (χ0) is 7.98. The van der Waals surface area contributed by atoms with Crippen molar-refractivity contribution in [3.05, 3.63) is 0 Å². The van der Waals surface area contributed by atoms with Crippen LogP contribution in [0.5, 0.6) is 0 Å². The normalized spacial score (nSPS) is 9.40. The highest BCUT2D eigenvalue weighted by atomic mass is 16.4. The van der Waals surface area contributed by atoms with Crippen molar-refractivity contribution in [2.24, 2.45) is 0 Å². The maximum Gasteiger partial charge on any atom is 0.136 e. The Kier molecular flexibility index (Phi) is 4.72. The van der Waals surface area contributed by atoms with Gasteiger partial charge >= 0.3 is 0 Å². The second-order valence-electron chi connectivity index (χ2n) is 2.25. The summed E-state index contributed by atoms with van der Waals surface area (Å²) in [5.74, 6) is 0. The second-order valence-corrected chi connectivity index (χ2v) is 2.25. The van der Waals surface area contributed by atoms with E-state index >= 15 is 0 Å². The van der Waals surface area contributed by atoms with Crippen LogP contribution in [0.3, 0.4) is 0 Å². The molecule has 0 radical (unpaired) electrons. The first-order valence-corrected chi connectivity index (χ1v) is 3.68. The molecule has 0 atom stereocenters. The van der Waals surface area contributed by atoms with E-state index in [1.807, 2.05) is 13.8 Å². The van der Waals surface area contributed by atoms with E-state index in [2.05, 4.69) is 0 Å². The smallest absolute Gasteiger partial charge is 0.136 e. The highest BCUT2D eigenvalue weighted by molar-refractivity contribution is 5.62. The quantitative estimate of drug-likeness (QED) is 0.575. The van der Waals surface area contributed by atoms with Gasteiger partial charge in [0, 0.05) is 13.1 Å². The fourth-order valence-corrected chi connectivity index (χ4v) is 0.834. The molecule has 0 heterocycles. The maximum absolute atomic E-state index is 10.3. The SMILES string of the molecule is CCCN(CCC)C(=O)[O-]. The van der Waals surface area contributed by atoms with Crippen molar-refractivity contribution >= 4 is 6.09 Å². The van der Waals surface area contributed by atoms with Crippen molar-refractivity contribution in [3.63, 3.8) is 0 Å². The van der Waals surface area contributed by atoms with Gasteiger partial charge in [-0.2, -0.15) is 0 Å². The second kappa shape index (κ2) is 5.09. The summed E-state index contributed by atoms with van der Waals surface area (Å²) in [5.41, 5.74) is 0. The standard InChI is InChI=1S/C7H15NO2/c1-3-5-8(6-4-2)7(9)10/h3-6H2,1-2H3,(H,9,10)/p-1. The Morgan fingerprint density at radius 3 is 1.90 bits per heavy atom. The minimum absolute atomic E-state index is 0.593. The molecule has 0 aliphatic heterocycles. The average Bonchev–Trinajstić information content (AvgIpc) is 1.87. The lowest BCUT2D eigenvalue weighted by Crippen LogP contribution is -2.41. The predicted octanol–water partition coefficient (Wildman–Crippen LogP) is 0.452. The molecule has 0 aromatic carbocycles. The van der Waals surface area contributed by atoms with Crippen molar-refractivity contribution < 1.29 is 9.90 Å². The van der Waals surface area contributed by atoms with Gasteiger partial charge in [0.2, 0.25) is 0 Å². The van der Waals surface area contributed by atoms with E-state index in [1.165, 1.54) is 4.90 Å². The Morgan fingerprint density at radius 2 is 1.70 bits per heavy atom. The van der Waals surface area contributed by atoms with Crippen LogP contribution in [-0.4, -0.2) is 24.1 Å². The molecule has 0 aliphatic rings. The Balaban J connectivity index is 3.61. The molecule has 0 fully saturated rings. The van der Waals surface area contributed by atoms with Gasteiger partial charge < -0.3 is 14.8 Å². The van der Waals surface area contributed by atoms with Crippen LogP contribution in [0.2, 0.25) is 0 Å². The van der Waals surface area contributed by atoms with Gasteiger partial charge in [0.1, 0.15) is 6.09 Å². The third-order valence-electron chi connectivity index (χ3n) is 1.25. The molecule has 0 saturated heterocycles. The molecule has 60 valence electrons. The van der Waals surface area contributed by atoms with E-state index in [0.717, 1.165) is 12.8 Å². The summed E-state index contributed by atoms with van der Waals surface area (Å²) in [5, 5.41) is 10.3. The molecule has 0 rings (SSSR count). The minimum Gasteiger partial charge on any atom is -0.530 e. The summed E-state index contributed by atoms with van der Waals surface area (Å²) in [4.78, 5) is 11.6. The summed E-state index contributed by atoms with van der Waals surface area (Å²) in [7, 11) is 0. The first-order chi connectivity index (χ1) is 4.72. The Bertz CT molecular complexity index is 97.8. The monoisotopic (exact) mass is 144 g/mol. The number of carbonyl (C=O) groups excluding carboxylic acids is 1. The van der Waals surface area contributed by atoms with Gasteiger partial charge in [-0.3, -0.25) is 0 Å². The summed E-state index contributed by atoms with van der Waals surface area (Å²) >= 11 is 0. The van der Waals surface area contributed by atoms with Crippen LogP contribution in [0.4, 0.5) is 4.79 Å². The highest BCUT2D eigenvalue weighted by Gasteiger charge is 1.98. The molecule has 0 unspecified atom stereocenters. The number of amides is 1. The number of hydrogen-bond donors (Lipinski definition) is 0. The number of carbonyl (C=O) groups is 1. The van der Waals surface area contributed by atoms with Crippen molar-refractivity contribution in [1.29, 1.82) is 0 Å². The molecule has 0 aromatic rings. The first kappa shape index (κ1) is 9.27. The lowest BCUT2D eigenvalue weighted by molar-refractivity contribution is -0.265. The number of rotatable bonds is 4. The summed E-state index contributed by atoms with van der Waals surface area (Å²) < 4.78 is 0. The molecule has 0 spiro atoms. The van der Waals surface area contributed by atoms with E-state index in [0.29, 0.717) is 13.1 Å². The van der Waals surface area contributed by atoms with Crippen LogP contribution in [0, 0.1) is 0 Å². The Hall–Kier alpha value is -0.730.